The van der Waals surface area contributed by atoms with Crippen LogP contribution >= 0.6 is 0 Å². The molecule has 34 heavy (non-hydrogen) atoms. The number of rotatable bonds is 4. The van der Waals surface area contributed by atoms with E-state index in [9.17, 15) is 9.90 Å². The van der Waals surface area contributed by atoms with Crippen LogP contribution in [0, 0.1) is 5.92 Å². The number of hydrogen-bond donors (Lipinski definition) is 2. The number of aromatic amines is 1. The third-order valence-electron chi connectivity index (χ3n) is 7.38. The van der Waals surface area contributed by atoms with Gasteiger partial charge in [0.25, 0.3) is 5.91 Å². The summed E-state index contributed by atoms with van der Waals surface area (Å²) in [4.78, 5) is 20.9. The second-order valence-electron chi connectivity index (χ2n) is 9.64. The summed E-state index contributed by atoms with van der Waals surface area (Å²) in [7, 11) is 2.17. The van der Waals surface area contributed by atoms with E-state index in [2.05, 4.69) is 16.9 Å². The lowest BCUT2D eigenvalue weighted by Crippen LogP contribution is -2.32. The zero-order valence-corrected chi connectivity index (χ0v) is 19.4. The summed E-state index contributed by atoms with van der Waals surface area (Å²) >= 11 is 0. The number of hydrogen-bond acceptors (Lipinski definition) is 4. The van der Waals surface area contributed by atoms with Gasteiger partial charge in [-0.25, -0.2) is 0 Å². The van der Waals surface area contributed by atoms with Crippen LogP contribution < -0.4 is 9.64 Å². The van der Waals surface area contributed by atoms with Gasteiger partial charge in [-0.3, -0.25) is 4.79 Å². The summed E-state index contributed by atoms with van der Waals surface area (Å²) in [6, 6.07) is 17.4. The number of H-pyrrole nitrogens is 1. The minimum absolute atomic E-state index is 0.0848. The zero-order chi connectivity index (χ0) is 23.2. The number of carbonyl (C=O) groups is 1. The topological polar surface area (TPSA) is 68.8 Å². The van der Waals surface area contributed by atoms with E-state index in [1.54, 1.807) is 11.0 Å². The van der Waals surface area contributed by atoms with E-state index in [4.69, 9.17) is 4.74 Å². The van der Waals surface area contributed by atoms with Crippen LogP contribution in [0.2, 0.25) is 0 Å². The van der Waals surface area contributed by atoms with Gasteiger partial charge in [0, 0.05) is 28.9 Å². The fourth-order valence-electron chi connectivity index (χ4n) is 5.36. The number of ether oxygens (including phenoxy) is 1. The van der Waals surface area contributed by atoms with E-state index in [0.29, 0.717) is 18.2 Å². The van der Waals surface area contributed by atoms with Gasteiger partial charge in [0.2, 0.25) is 0 Å². The summed E-state index contributed by atoms with van der Waals surface area (Å²) in [6.07, 6.45) is 3.12. The Morgan fingerprint density at radius 2 is 1.85 bits per heavy atom. The van der Waals surface area contributed by atoms with Crippen LogP contribution in [0.3, 0.4) is 0 Å². The highest BCUT2D eigenvalue weighted by Crippen LogP contribution is 2.40. The number of benzene rings is 3. The Balaban J connectivity index is 1.23. The van der Waals surface area contributed by atoms with Gasteiger partial charge in [0.1, 0.15) is 17.2 Å². The number of aromatic hydroxyl groups is 1. The average molecular weight is 456 g/mol. The van der Waals surface area contributed by atoms with Gasteiger partial charge in [-0.2, -0.15) is 0 Å². The number of aromatic nitrogens is 1. The van der Waals surface area contributed by atoms with Crippen molar-refractivity contribution in [2.24, 2.45) is 5.92 Å². The van der Waals surface area contributed by atoms with Crippen molar-refractivity contribution in [1.82, 2.24) is 9.88 Å². The highest BCUT2D eigenvalue weighted by Gasteiger charge is 2.29. The number of phenolic OH excluding ortho intramolecular Hbond substituents is 1. The molecule has 2 aliphatic heterocycles. The monoisotopic (exact) mass is 455 g/mol. The van der Waals surface area contributed by atoms with Crippen molar-refractivity contribution >= 4 is 33.3 Å². The highest BCUT2D eigenvalue weighted by atomic mass is 16.5. The molecule has 1 amide bonds. The highest BCUT2D eigenvalue weighted by molar-refractivity contribution is 6.10. The summed E-state index contributed by atoms with van der Waals surface area (Å²) in [5.74, 6) is 1.56. The van der Waals surface area contributed by atoms with E-state index in [1.807, 2.05) is 48.5 Å². The third-order valence-corrected chi connectivity index (χ3v) is 7.38. The standard InChI is InChI=1S/C28H29N3O3/c1-30-11-8-18(9-12-30)17-34-20-6-7-24-19(14-20)15-25(29-24)28(33)31-13-10-22-21-4-2-3-5-23(21)27(32)16-26(22)31/h2-7,14-16,18,29,32H,8-13,17H2,1H3. The second-order valence-corrected chi connectivity index (χ2v) is 9.64. The van der Waals surface area contributed by atoms with Crippen LogP contribution in [0.1, 0.15) is 28.9 Å². The fraction of sp³-hybridized carbons (Fsp3) is 0.321. The Morgan fingerprint density at radius 3 is 2.68 bits per heavy atom. The quantitative estimate of drug-likeness (QED) is 0.457. The summed E-state index contributed by atoms with van der Waals surface area (Å²) in [5, 5.41) is 13.3. The molecule has 6 rings (SSSR count). The molecular formula is C28H29N3O3. The van der Waals surface area contributed by atoms with Gasteiger partial charge < -0.3 is 24.6 Å². The van der Waals surface area contributed by atoms with Crippen LogP contribution in [-0.2, 0) is 6.42 Å². The largest absolute Gasteiger partial charge is 0.507 e. The Morgan fingerprint density at radius 1 is 1.06 bits per heavy atom. The minimum atomic E-state index is -0.0848. The van der Waals surface area contributed by atoms with E-state index in [0.717, 1.165) is 64.8 Å². The van der Waals surface area contributed by atoms with Crippen molar-refractivity contribution < 1.29 is 14.6 Å². The molecule has 3 aromatic carbocycles. The molecule has 2 N–H and O–H groups in total. The van der Waals surface area contributed by atoms with Gasteiger partial charge in [-0.1, -0.05) is 24.3 Å². The number of carbonyl (C=O) groups excluding carboxylic acids is 1. The van der Waals surface area contributed by atoms with Crippen LogP contribution in [0.25, 0.3) is 21.7 Å². The van der Waals surface area contributed by atoms with Crippen molar-refractivity contribution in [3.63, 3.8) is 0 Å². The zero-order valence-electron chi connectivity index (χ0n) is 19.4. The molecule has 0 bridgehead atoms. The molecule has 0 unspecified atom stereocenters. The molecule has 6 nitrogen and oxygen atoms in total. The molecule has 6 heteroatoms. The van der Waals surface area contributed by atoms with E-state index in [1.165, 1.54) is 12.8 Å². The lowest BCUT2D eigenvalue weighted by atomic mass is 9.98. The van der Waals surface area contributed by atoms with Gasteiger partial charge in [0.15, 0.2) is 0 Å². The Labute approximate surface area is 198 Å². The smallest absolute Gasteiger partial charge is 0.274 e. The predicted octanol–water partition coefficient (Wildman–Crippen LogP) is 4.95. The predicted molar refractivity (Wildman–Crippen MR) is 135 cm³/mol. The molecule has 1 saturated heterocycles. The van der Waals surface area contributed by atoms with Crippen molar-refractivity contribution in [2.45, 2.75) is 19.3 Å². The Bertz CT molecular complexity index is 1380. The molecule has 0 saturated carbocycles. The van der Waals surface area contributed by atoms with E-state index in [-0.39, 0.29) is 11.7 Å². The molecule has 3 heterocycles. The Hall–Kier alpha value is -3.51. The lowest BCUT2D eigenvalue weighted by Gasteiger charge is -2.28. The number of fused-ring (bicyclic) bond motifs is 4. The van der Waals surface area contributed by atoms with E-state index < -0.39 is 0 Å². The van der Waals surface area contributed by atoms with Crippen molar-refractivity contribution in [3.8, 4) is 11.5 Å². The molecule has 1 fully saturated rings. The van der Waals surface area contributed by atoms with Crippen LogP contribution in [0.15, 0.2) is 54.6 Å². The Kier molecular flexibility index (Phi) is 5.18. The molecule has 0 spiro atoms. The maximum atomic E-state index is 13.4. The first kappa shape index (κ1) is 21.1. The molecule has 4 aromatic rings. The molecule has 1 aromatic heterocycles. The molecule has 2 aliphatic rings. The number of likely N-dealkylation sites (tertiary alicyclic amines) is 1. The average Bonchev–Trinajstić information content (AvgIpc) is 3.47. The van der Waals surface area contributed by atoms with Gasteiger partial charge in [0.05, 0.1) is 12.3 Å². The molecule has 0 aliphatic carbocycles. The normalized spacial score (nSPS) is 16.9. The number of nitrogens with zero attached hydrogens (tertiary/aromatic N) is 2. The molecule has 174 valence electrons. The first-order chi connectivity index (χ1) is 16.6. The first-order valence-electron chi connectivity index (χ1n) is 12.1. The number of piperidine rings is 1. The fourth-order valence-corrected chi connectivity index (χ4v) is 5.36. The van der Waals surface area contributed by atoms with Crippen LogP contribution in [0.5, 0.6) is 11.5 Å². The second kappa shape index (κ2) is 8.37. The van der Waals surface area contributed by atoms with Crippen LogP contribution in [-0.4, -0.2) is 54.2 Å². The van der Waals surface area contributed by atoms with Gasteiger partial charge in [-0.05, 0) is 80.5 Å². The van der Waals surface area contributed by atoms with Crippen molar-refractivity contribution in [3.05, 3.63) is 65.9 Å². The maximum Gasteiger partial charge on any atom is 0.274 e. The van der Waals surface area contributed by atoms with Crippen molar-refractivity contribution in [1.29, 1.82) is 0 Å². The summed E-state index contributed by atoms with van der Waals surface area (Å²) in [6.45, 7) is 3.59. The summed E-state index contributed by atoms with van der Waals surface area (Å²) < 4.78 is 6.10. The van der Waals surface area contributed by atoms with E-state index >= 15 is 0 Å². The number of nitrogens with one attached hydrogen (secondary N) is 1. The molecule has 0 atom stereocenters. The van der Waals surface area contributed by atoms with Gasteiger partial charge >= 0.3 is 0 Å². The lowest BCUT2D eigenvalue weighted by molar-refractivity contribution is 0.0985. The van der Waals surface area contributed by atoms with Crippen LogP contribution in [0.4, 0.5) is 5.69 Å². The molecular weight excluding hydrogens is 426 g/mol. The number of anilines is 1. The summed E-state index contributed by atoms with van der Waals surface area (Å²) in [5.41, 5.74) is 3.36. The van der Waals surface area contributed by atoms with Crippen molar-refractivity contribution in [2.75, 3.05) is 38.2 Å². The maximum absolute atomic E-state index is 13.4. The third kappa shape index (κ3) is 3.68. The first-order valence-corrected chi connectivity index (χ1v) is 12.1. The SMILES string of the molecule is CN1CCC(COc2ccc3[nH]c(C(=O)N4CCc5c4cc(O)c4ccccc54)cc3c2)CC1. The molecule has 0 radical (unpaired) electrons. The number of phenols is 1. The minimum Gasteiger partial charge on any atom is -0.507 e. The van der Waals surface area contributed by atoms with Gasteiger partial charge in [-0.15, -0.1) is 0 Å². The number of amides is 1.